The maximum atomic E-state index is 14.4. The molecule has 2 fully saturated rings. The maximum Gasteiger partial charge on any atom is 0.415 e. The van der Waals surface area contributed by atoms with Gasteiger partial charge in [-0.1, -0.05) is 29.8 Å². The van der Waals surface area contributed by atoms with E-state index in [0.717, 1.165) is 22.1 Å². The van der Waals surface area contributed by atoms with Gasteiger partial charge < -0.3 is 4.74 Å². The van der Waals surface area contributed by atoms with Gasteiger partial charge in [0.2, 0.25) is 11.8 Å². The number of Topliss-reactive ketones (excluding diaryl/α,β-unsaturated/α-hetero) is 1. The van der Waals surface area contributed by atoms with E-state index < -0.39 is 41.6 Å². The summed E-state index contributed by atoms with van der Waals surface area (Å²) < 4.78 is 46.5. The van der Waals surface area contributed by atoms with Gasteiger partial charge in [0.25, 0.3) is 0 Å². The second-order valence-electron chi connectivity index (χ2n) is 10.5. The molecule has 0 N–H and O–H groups in total. The van der Waals surface area contributed by atoms with Crippen molar-refractivity contribution in [3.05, 3.63) is 83.0 Å². The zero-order valence-electron chi connectivity index (χ0n) is 22.6. The number of anilines is 2. The largest absolute Gasteiger partial charge is 0.447 e. The molecule has 0 bridgehead atoms. The van der Waals surface area contributed by atoms with Crippen LogP contribution in [0.15, 0.2) is 61.1 Å². The predicted molar refractivity (Wildman–Crippen MR) is 149 cm³/mol. The number of hydrogen-bond donors (Lipinski definition) is 0. The maximum absolute atomic E-state index is 14.4. The number of carbonyl (C=O) groups is 3. The SMILES string of the molecule is N#Cc1ccnc(N2C(=O)OC[C@H]2CC(=O)N(c2cncc(F)c2)[C@H](C(=O)CCC2CC(F)(F)C2)c2ccccc2Cl)c1. The Bertz CT molecular complexity index is 1590. The molecule has 3 aromatic rings. The van der Waals surface area contributed by atoms with E-state index in [1.54, 1.807) is 18.2 Å². The van der Waals surface area contributed by atoms with Crippen LogP contribution in [-0.2, 0) is 14.3 Å². The fraction of sp³-hybridized carbons (Fsp3) is 0.333. The van der Waals surface area contributed by atoms with E-state index in [0.29, 0.717) is 0 Å². The summed E-state index contributed by atoms with van der Waals surface area (Å²) in [6.45, 7) is -0.196. The summed E-state index contributed by atoms with van der Waals surface area (Å²) in [5.74, 6) is -4.95. The summed E-state index contributed by atoms with van der Waals surface area (Å²) in [5.41, 5.74) is 0.445. The second kappa shape index (κ2) is 12.4. The minimum atomic E-state index is -2.75. The van der Waals surface area contributed by atoms with Crippen molar-refractivity contribution in [2.75, 3.05) is 16.4 Å². The molecule has 2 atom stereocenters. The van der Waals surface area contributed by atoms with Gasteiger partial charge in [-0.05, 0) is 30.5 Å². The Morgan fingerprint density at radius 2 is 1.98 bits per heavy atom. The summed E-state index contributed by atoms with van der Waals surface area (Å²) in [5, 5.41) is 9.44. The number of cyclic esters (lactones) is 1. The fourth-order valence-electron chi connectivity index (χ4n) is 5.41. The molecule has 3 heterocycles. The van der Waals surface area contributed by atoms with E-state index in [1.165, 1.54) is 30.6 Å². The smallest absolute Gasteiger partial charge is 0.415 e. The first-order valence-corrected chi connectivity index (χ1v) is 13.8. The molecule has 5 rings (SSSR count). The summed E-state index contributed by atoms with van der Waals surface area (Å²) in [4.78, 5) is 50.9. The van der Waals surface area contributed by atoms with Crippen molar-refractivity contribution in [1.82, 2.24) is 9.97 Å². The summed E-state index contributed by atoms with van der Waals surface area (Å²) in [6.07, 6.45) is 1.74. The number of halogens is 4. The lowest BCUT2D eigenvalue weighted by Gasteiger charge is -2.36. The zero-order chi connectivity index (χ0) is 30.7. The number of rotatable bonds is 10. The van der Waals surface area contributed by atoms with Crippen LogP contribution in [0.4, 0.5) is 29.5 Å². The highest BCUT2D eigenvalue weighted by molar-refractivity contribution is 6.31. The molecular weight excluding hydrogens is 587 g/mol. The van der Waals surface area contributed by atoms with Gasteiger partial charge in [-0.3, -0.25) is 24.4 Å². The van der Waals surface area contributed by atoms with Crippen LogP contribution >= 0.6 is 11.6 Å². The van der Waals surface area contributed by atoms with Gasteiger partial charge in [0.05, 0.1) is 42.2 Å². The van der Waals surface area contributed by atoms with Crippen molar-refractivity contribution in [2.24, 2.45) is 5.92 Å². The van der Waals surface area contributed by atoms with Gasteiger partial charge in [0, 0.05) is 42.1 Å². The molecular formula is C30H25ClF3N5O4. The molecule has 0 spiro atoms. The third kappa shape index (κ3) is 6.62. The highest BCUT2D eigenvalue weighted by atomic mass is 35.5. The van der Waals surface area contributed by atoms with Crippen LogP contribution in [0.2, 0.25) is 5.02 Å². The van der Waals surface area contributed by atoms with Crippen molar-refractivity contribution in [3.63, 3.8) is 0 Å². The molecule has 222 valence electrons. The van der Waals surface area contributed by atoms with Crippen molar-refractivity contribution in [3.8, 4) is 6.07 Å². The lowest BCUT2D eigenvalue weighted by Crippen LogP contribution is -2.44. The topological polar surface area (TPSA) is 116 Å². The van der Waals surface area contributed by atoms with Gasteiger partial charge in [-0.2, -0.15) is 5.26 Å². The van der Waals surface area contributed by atoms with Crippen molar-refractivity contribution in [1.29, 1.82) is 5.26 Å². The number of alkyl halides is 2. The number of ketones is 1. The highest BCUT2D eigenvalue weighted by Gasteiger charge is 2.46. The molecule has 1 aliphatic carbocycles. The van der Waals surface area contributed by atoms with Crippen LogP contribution in [-0.4, -0.2) is 46.3 Å². The van der Waals surface area contributed by atoms with Gasteiger partial charge >= 0.3 is 6.09 Å². The molecule has 43 heavy (non-hydrogen) atoms. The van der Waals surface area contributed by atoms with Crippen molar-refractivity contribution < 1.29 is 32.3 Å². The van der Waals surface area contributed by atoms with Crippen molar-refractivity contribution >= 4 is 40.9 Å². The number of nitrogens with zero attached hydrogens (tertiary/aromatic N) is 5. The van der Waals surface area contributed by atoms with Crippen LogP contribution in [0.5, 0.6) is 0 Å². The van der Waals surface area contributed by atoms with E-state index >= 15 is 0 Å². The first kappa shape index (κ1) is 30.0. The summed E-state index contributed by atoms with van der Waals surface area (Å²) >= 11 is 6.50. The van der Waals surface area contributed by atoms with Gasteiger partial charge in [0.1, 0.15) is 24.3 Å². The minimum absolute atomic E-state index is 0.0418. The molecule has 2 aliphatic rings. The number of pyridine rings is 2. The third-order valence-electron chi connectivity index (χ3n) is 7.47. The molecule has 0 radical (unpaired) electrons. The fourth-order valence-corrected chi connectivity index (χ4v) is 5.65. The van der Waals surface area contributed by atoms with E-state index in [4.69, 9.17) is 16.3 Å². The Hall–Kier alpha value is -4.50. The Kier molecular flexibility index (Phi) is 8.64. The van der Waals surface area contributed by atoms with Crippen LogP contribution in [0, 0.1) is 23.1 Å². The Labute approximate surface area is 249 Å². The summed E-state index contributed by atoms with van der Waals surface area (Å²) in [7, 11) is 0. The van der Waals surface area contributed by atoms with Gasteiger partial charge in [-0.15, -0.1) is 0 Å². The molecule has 2 aromatic heterocycles. The Morgan fingerprint density at radius 1 is 1.21 bits per heavy atom. The van der Waals surface area contributed by atoms with Gasteiger partial charge in [0.15, 0.2) is 5.78 Å². The highest BCUT2D eigenvalue weighted by Crippen LogP contribution is 2.45. The summed E-state index contributed by atoms with van der Waals surface area (Å²) in [6, 6.07) is 9.95. The third-order valence-corrected chi connectivity index (χ3v) is 7.81. The van der Waals surface area contributed by atoms with Crippen LogP contribution in [0.3, 0.4) is 0 Å². The quantitative estimate of drug-likeness (QED) is 0.275. The monoisotopic (exact) mass is 611 g/mol. The van der Waals surface area contributed by atoms with Gasteiger partial charge in [-0.25, -0.2) is 22.9 Å². The number of benzene rings is 1. The molecule has 1 aliphatic heterocycles. The lowest BCUT2D eigenvalue weighted by atomic mass is 9.77. The van der Waals surface area contributed by atoms with Crippen LogP contribution < -0.4 is 9.80 Å². The number of aromatic nitrogens is 2. The molecule has 13 heteroatoms. The zero-order valence-corrected chi connectivity index (χ0v) is 23.4. The molecule has 0 unspecified atom stereocenters. The van der Waals surface area contributed by atoms with Crippen LogP contribution in [0.25, 0.3) is 0 Å². The number of ether oxygens (including phenoxy) is 1. The molecule has 1 saturated heterocycles. The second-order valence-corrected chi connectivity index (χ2v) is 10.9. The standard InChI is InChI=1S/C30H25ClF3N5O4/c31-24-4-2-1-3-23(24)28(25(40)6-5-19-12-30(33,34)13-19)39(21-10-20(32)15-36-16-21)27(41)11-22-17-43-29(42)38(22)26-9-18(14-35)7-8-37-26/h1-4,7-10,15-16,19,22,28H,5-6,11-13,17H2/t22-,28+/m1/s1. The number of amides is 2. The first-order chi connectivity index (χ1) is 20.6. The number of nitriles is 1. The minimum Gasteiger partial charge on any atom is -0.447 e. The lowest BCUT2D eigenvalue weighted by molar-refractivity contribution is -0.128. The van der Waals surface area contributed by atoms with E-state index in [-0.39, 0.29) is 72.3 Å². The van der Waals surface area contributed by atoms with E-state index in [2.05, 4.69) is 9.97 Å². The predicted octanol–water partition coefficient (Wildman–Crippen LogP) is 6.03. The molecule has 1 saturated carbocycles. The first-order valence-electron chi connectivity index (χ1n) is 13.5. The average Bonchev–Trinajstić information content (AvgIpc) is 3.33. The average molecular weight is 612 g/mol. The normalized spacial score (nSPS) is 18.3. The van der Waals surface area contributed by atoms with Crippen LogP contribution in [0.1, 0.15) is 49.3 Å². The Balaban J connectivity index is 1.50. The number of carbonyl (C=O) groups excluding carboxylic acids is 3. The molecule has 1 aromatic carbocycles. The van der Waals surface area contributed by atoms with E-state index in [1.807, 2.05) is 6.07 Å². The number of hydrogen-bond acceptors (Lipinski definition) is 7. The Morgan fingerprint density at radius 3 is 2.67 bits per heavy atom. The van der Waals surface area contributed by atoms with E-state index in [9.17, 15) is 32.8 Å². The molecule has 2 amide bonds. The molecule has 9 nitrogen and oxygen atoms in total. The van der Waals surface area contributed by atoms with Crippen molar-refractivity contribution in [2.45, 2.75) is 50.1 Å².